The van der Waals surface area contributed by atoms with Gasteiger partial charge in [0.1, 0.15) is 5.69 Å². The molecule has 0 aliphatic carbocycles. The molecule has 0 saturated heterocycles. The highest BCUT2D eigenvalue weighted by atomic mass is 19.2. The second-order valence-corrected chi connectivity index (χ2v) is 7.49. The largest absolute Gasteiger partial charge is 0.343 e. The summed E-state index contributed by atoms with van der Waals surface area (Å²) in [5.74, 6) is -5.99. The minimum absolute atomic E-state index is 0.221. The van der Waals surface area contributed by atoms with Crippen LogP contribution in [0.3, 0.4) is 0 Å². The molecule has 4 rings (SSSR count). The van der Waals surface area contributed by atoms with E-state index in [2.05, 4.69) is 15.7 Å². The molecule has 0 atom stereocenters. The Morgan fingerprint density at radius 3 is 2.32 bits per heavy atom. The van der Waals surface area contributed by atoms with E-state index in [0.717, 1.165) is 17.3 Å². The third kappa shape index (κ3) is 4.83. The highest BCUT2D eigenvalue weighted by Crippen LogP contribution is 2.24. The quantitative estimate of drug-likeness (QED) is 0.409. The number of nitrogens with zero attached hydrogens (tertiary/aromatic N) is 2. The van der Waals surface area contributed by atoms with Crippen molar-refractivity contribution in [2.75, 3.05) is 11.9 Å². The molecule has 4 aromatic rings. The van der Waals surface area contributed by atoms with Crippen LogP contribution in [0.15, 0.2) is 72.9 Å². The zero-order chi connectivity index (χ0) is 24.2. The fourth-order valence-corrected chi connectivity index (χ4v) is 3.25. The molecule has 3 aromatic carbocycles. The molecule has 0 bridgehead atoms. The number of halogens is 3. The number of hydrogen-bond acceptors (Lipinski definition) is 3. The van der Waals surface area contributed by atoms with Crippen LogP contribution in [0.1, 0.15) is 15.9 Å². The molecule has 0 unspecified atom stereocenters. The fourth-order valence-electron chi connectivity index (χ4n) is 3.25. The smallest absolute Gasteiger partial charge is 0.255 e. The SMILES string of the molecule is Cc1ccc(-n2cc(C(=O)NCC(=O)Nc3ccc(F)c(F)c3F)c(-c3ccccc3)n2)cc1. The van der Waals surface area contributed by atoms with E-state index < -0.39 is 41.5 Å². The minimum Gasteiger partial charge on any atom is -0.343 e. The number of rotatable bonds is 6. The normalized spacial score (nSPS) is 10.7. The molecular weight excluding hydrogens is 445 g/mol. The number of amides is 2. The van der Waals surface area contributed by atoms with Crippen LogP contribution in [0.25, 0.3) is 16.9 Å². The lowest BCUT2D eigenvalue weighted by atomic mass is 10.1. The lowest BCUT2D eigenvalue weighted by molar-refractivity contribution is -0.115. The van der Waals surface area contributed by atoms with Crippen molar-refractivity contribution >= 4 is 17.5 Å². The lowest BCUT2D eigenvalue weighted by Crippen LogP contribution is -2.33. The zero-order valence-corrected chi connectivity index (χ0v) is 18.0. The Morgan fingerprint density at radius 2 is 1.62 bits per heavy atom. The monoisotopic (exact) mass is 464 g/mol. The Hall–Kier alpha value is -4.40. The molecule has 0 spiro atoms. The molecule has 6 nitrogen and oxygen atoms in total. The number of nitrogens with one attached hydrogen (secondary N) is 2. The Morgan fingerprint density at radius 1 is 0.912 bits per heavy atom. The average Bonchev–Trinajstić information content (AvgIpc) is 3.29. The van der Waals surface area contributed by atoms with Gasteiger partial charge in [-0.05, 0) is 31.2 Å². The molecular formula is C25H19F3N4O2. The predicted octanol–water partition coefficient (Wildman–Crippen LogP) is 4.63. The first kappa shape index (κ1) is 22.8. The van der Waals surface area contributed by atoms with Gasteiger partial charge < -0.3 is 10.6 Å². The van der Waals surface area contributed by atoms with Crippen molar-refractivity contribution in [1.82, 2.24) is 15.1 Å². The highest BCUT2D eigenvalue weighted by molar-refractivity contribution is 6.02. The van der Waals surface area contributed by atoms with Gasteiger partial charge in [-0.15, -0.1) is 0 Å². The second-order valence-electron chi connectivity index (χ2n) is 7.49. The van der Waals surface area contributed by atoms with E-state index in [0.29, 0.717) is 17.3 Å². The van der Waals surface area contributed by atoms with Crippen molar-refractivity contribution in [2.45, 2.75) is 6.92 Å². The molecule has 1 aromatic heterocycles. The Balaban J connectivity index is 1.54. The maximum absolute atomic E-state index is 13.8. The molecule has 0 saturated carbocycles. The van der Waals surface area contributed by atoms with Crippen LogP contribution in [0.5, 0.6) is 0 Å². The van der Waals surface area contributed by atoms with Gasteiger partial charge in [-0.25, -0.2) is 17.9 Å². The number of carbonyl (C=O) groups excluding carboxylic acids is 2. The third-order valence-corrected chi connectivity index (χ3v) is 5.02. The van der Waals surface area contributed by atoms with E-state index in [-0.39, 0.29) is 5.56 Å². The summed E-state index contributed by atoms with van der Waals surface area (Å²) in [6.07, 6.45) is 1.55. The van der Waals surface area contributed by atoms with Gasteiger partial charge in [-0.1, -0.05) is 48.0 Å². The number of aryl methyl sites for hydroxylation is 1. The van der Waals surface area contributed by atoms with Crippen LogP contribution in [-0.2, 0) is 4.79 Å². The summed E-state index contributed by atoms with van der Waals surface area (Å²) in [6, 6.07) is 18.2. The molecule has 0 radical (unpaired) electrons. The van der Waals surface area contributed by atoms with Crippen LogP contribution in [0, 0.1) is 24.4 Å². The first-order valence-electron chi connectivity index (χ1n) is 10.3. The second kappa shape index (κ2) is 9.62. The number of benzene rings is 3. The minimum atomic E-state index is -1.70. The van der Waals surface area contributed by atoms with Gasteiger partial charge in [-0.3, -0.25) is 9.59 Å². The topological polar surface area (TPSA) is 76.0 Å². The summed E-state index contributed by atoms with van der Waals surface area (Å²) in [5, 5.41) is 9.12. The van der Waals surface area contributed by atoms with Gasteiger partial charge in [-0.2, -0.15) is 5.10 Å². The summed E-state index contributed by atoms with van der Waals surface area (Å²) < 4.78 is 41.8. The Kier molecular flexibility index (Phi) is 6.44. The number of aromatic nitrogens is 2. The van der Waals surface area contributed by atoms with E-state index in [9.17, 15) is 22.8 Å². The maximum Gasteiger partial charge on any atom is 0.255 e. The Labute approximate surface area is 193 Å². The number of carbonyl (C=O) groups is 2. The predicted molar refractivity (Wildman–Crippen MR) is 121 cm³/mol. The van der Waals surface area contributed by atoms with E-state index >= 15 is 0 Å². The van der Waals surface area contributed by atoms with Crippen LogP contribution in [-0.4, -0.2) is 28.1 Å². The molecule has 9 heteroatoms. The van der Waals surface area contributed by atoms with Crippen molar-refractivity contribution in [1.29, 1.82) is 0 Å². The van der Waals surface area contributed by atoms with E-state index in [1.54, 1.807) is 23.0 Å². The summed E-state index contributed by atoms with van der Waals surface area (Å²) in [5.41, 5.74) is 2.61. The van der Waals surface area contributed by atoms with Crippen molar-refractivity contribution in [3.63, 3.8) is 0 Å². The average molecular weight is 464 g/mol. The number of anilines is 1. The molecule has 172 valence electrons. The molecule has 2 amide bonds. The Bertz CT molecular complexity index is 1350. The van der Waals surface area contributed by atoms with Crippen LogP contribution in [0.4, 0.5) is 18.9 Å². The fraction of sp³-hybridized carbons (Fsp3) is 0.0800. The number of hydrogen-bond donors (Lipinski definition) is 2. The van der Waals surface area contributed by atoms with Gasteiger partial charge in [0.15, 0.2) is 17.5 Å². The van der Waals surface area contributed by atoms with Crippen LogP contribution >= 0.6 is 0 Å². The van der Waals surface area contributed by atoms with E-state index in [1.807, 2.05) is 49.4 Å². The van der Waals surface area contributed by atoms with Gasteiger partial charge in [0, 0.05) is 11.8 Å². The molecule has 2 N–H and O–H groups in total. The summed E-state index contributed by atoms with van der Waals surface area (Å²) >= 11 is 0. The van der Waals surface area contributed by atoms with Crippen molar-refractivity contribution < 1.29 is 22.8 Å². The van der Waals surface area contributed by atoms with Crippen molar-refractivity contribution in [3.8, 4) is 16.9 Å². The maximum atomic E-state index is 13.8. The summed E-state index contributed by atoms with van der Waals surface area (Å²) in [4.78, 5) is 25.1. The van der Waals surface area contributed by atoms with E-state index in [1.165, 1.54) is 0 Å². The zero-order valence-electron chi connectivity index (χ0n) is 18.0. The van der Waals surface area contributed by atoms with Crippen LogP contribution < -0.4 is 10.6 Å². The molecule has 34 heavy (non-hydrogen) atoms. The standard InChI is InChI=1S/C25H19F3N4O2/c1-15-7-9-17(10-8-15)32-14-18(24(31-32)16-5-3-2-4-6-16)25(34)29-13-21(33)30-20-12-11-19(26)22(27)23(20)28/h2-12,14H,13H2,1H3,(H,29,34)(H,30,33). The van der Waals surface area contributed by atoms with Crippen molar-refractivity contribution in [2.24, 2.45) is 0 Å². The molecule has 0 aliphatic rings. The van der Waals surface area contributed by atoms with Crippen LogP contribution in [0.2, 0.25) is 0 Å². The van der Waals surface area contributed by atoms with Gasteiger partial charge >= 0.3 is 0 Å². The van der Waals surface area contributed by atoms with E-state index in [4.69, 9.17) is 0 Å². The first-order valence-corrected chi connectivity index (χ1v) is 10.3. The lowest BCUT2D eigenvalue weighted by Gasteiger charge is -2.08. The summed E-state index contributed by atoms with van der Waals surface area (Å²) in [7, 11) is 0. The van der Waals surface area contributed by atoms with Gasteiger partial charge in [0.05, 0.1) is 23.5 Å². The van der Waals surface area contributed by atoms with Gasteiger partial charge in [0.25, 0.3) is 5.91 Å². The highest BCUT2D eigenvalue weighted by Gasteiger charge is 2.20. The third-order valence-electron chi connectivity index (χ3n) is 5.02. The summed E-state index contributed by atoms with van der Waals surface area (Å²) in [6.45, 7) is 1.43. The molecule has 0 fully saturated rings. The molecule has 0 aliphatic heterocycles. The molecule has 1 heterocycles. The van der Waals surface area contributed by atoms with Gasteiger partial charge in [0.2, 0.25) is 5.91 Å². The van der Waals surface area contributed by atoms with Crippen molar-refractivity contribution in [3.05, 3.63) is 102 Å². The first-order chi connectivity index (χ1) is 16.3.